The number of carboxylic acids is 1. The van der Waals surface area contributed by atoms with Crippen LogP contribution in [0.15, 0.2) is 41.5 Å². The van der Waals surface area contributed by atoms with E-state index in [2.05, 4.69) is 4.98 Å². The average molecular weight is 327 g/mol. The quantitative estimate of drug-likeness (QED) is 0.736. The van der Waals surface area contributed by atoms with Gasteiger partial charge in [-0.05, 0) is 18.9 Å². The number of nitrogens with zero attached hydrogens (tertiary/aromatic N) is 2. The Morgan fingerprint density at radius 1 is 1.35 bits per heavy atom. The van der Waals surface area contributed by atoms with E-state index >= 15 is 0 Å². The van der Waals surface area contributed by atoms with Crippen molar-refractivity contribution >= 4 is 27.5 Å². The summed E-state index contributed by atoms with van der Waals surface area (Å²) in [6.07, 6.45) is 1.57. The highest BCUT2D eigenvalue weighted by Gasteiger charge is 2.19. The van der Waals surface area contributed by atoms with Crippen molar-refractivity contribution in [2.75, 3.05) is 0 Å². The first-order valence-electron chi connectivity index (χ1n) is 7.31. The van der Waals surface area contributed by atoms with Crippen LogP contribution < -0.4 is 10.7 Å². The number of benzene rings is 1. The molecule has 2 heterocycles. The van der Waals surface area contributed by atoms with Crippen LogP contribution in [0.5, 0.6) is 0 Å². The van der Waals surface area contributed by atoms with Crippen LogP contribution in [0.1, 0.15) is 24.3 Å². The lowest BCUT2D eigenvalue weighted by Crippen LogP contribution is -2.37. The van der Waals surface area contributed by atoms with Gasteiger partial charge in [-0.1, -0.05) is 37.3 Å². The van der Waals surface area contributed by atoms with E-state index in [-0.39, 0.29) is 12.0 Å². The molecule has 1 aromatic carbocycles. The molecule has 0 saturated carbocycles. The van der Waals surface area contributed by atoms with Gasteiger partial charge in [0.1, 0.15) is 4.83 Å². The molecule has 0 unspecified atom stereocenters. The van der Waals surface area contributed by atoms with Crippen molar-refractivity contribution in [1.82, 2.24) is 9.55 Å². The van der Waals surface area contributed by atoms with E-state index in [1.54, 1.807) is 6.92 Å². The largest absolute Gasteiger partial charge is 0.548 e. The molecular formula is C17H15N2O3S-. The second-order valence-electron chi connectivity index (χ2n) is 5.28. The minimum Gasteiger partial charge on any atom is -0.548 e. The van der Waals surface area contributed by atoms with Gasteiger partial charge < -0.3 is 9.90 Å². The molecule has 0 spiro atoms. The van der Waals surface area contributed by atoms with Gasteiger partial charge in [0.15, 0.2) is 0 Å². The molecule has 0 aliphatic carbocycles. The lowest BCUT2D eigenvalue weighted by atomic mass is 10.0. The molecule has 1 atom stereocenters. The van der Waals surface area contributed by atoms with Crippen LogP contribution in [0.3, 0.4) is 0 Å². The number of aliphatic carboxylic acids is 1. The first-order valence-corrected chi connectivity index (χ1v) is 8.12. The minimum atomic E-state index is -1.27. The number of aromatic nitrogens is 2. The number of hydrogen-bond donors (Lipinski definition) is 0. The third-order valence-electron chi connectivity index (χ3n) is 3.87. The Kier molecular flexibility index (Phi) is 4.00. The summed E-state index contributed by atoms with van der Waals surface area (Å²) in [5.74, 6) is -1.27. The summed E-state index contributed by atoms with van der Waals surface area (Å²) in [5, 5.41) is 11.8. The monoisotopic (exact) mass is 327 g/mol. The van der Waals surface area contributed by atoms with Crippen LogP contribution in [-0.2, 0) is 4.79 Å². The van der Waals surface area contributed by atoms with Gasteiger partial charge in [0, 0.05) is 10.4 Å². The van der Waals surface area contributed by atoms with Crippen molar-refractivity contribution in [3.05, 3.63) is 51.9 Å². The van der Waals surface area contributed by atoms with Gasteiger partial charge in [0.2, 0.25) is 0 Å². The van der Waals surface area contributed by atoms with E-state index < -0.39 is 12.0 Å². The molecular weight excluding hydrogens is 312 g/mol. The second kappa shape index (κ2) is 5.96. The van der Waals surface area contributed by atoms with Gasteiger partial charge in [-0.3, -0.25) is 9.36 Å². The third-order valence-corrected chi connectivity index (χ3v) is 4.88. The number of rotatable bonds is 4. The van der Waals surface area contributed by atoms with Crippen LogP contribution >= 0.6 is 11.3 Å². The standard InChI is InChI=1S/C17H16N2O3S/c1-3-12(17(21)22)19-9-18-15-14(16(19)20)13(10(2)23-15)11-7-5-4-6-8-11/h4-9,12H,3H2,1-2H3,(H,21,22)/p-1/t12-/m0/s1. The summed E-state index contributed by atoms with van der Waals surface area (Å²) in [5.41, 5.74) is 1.41. The summed E-state index contributed by atoms with van der Waals surface area (Å²) in [6.45, 7) is 3.64. The summed E-state index contributed by atoms with van der Waals surface area (Å²) in [4.78, 5) is 30.1. The fourth-order valence-electron chi connectivity index (χ4n) is 2.77. The number of thiophene rings is 1. The van der Waals surface area contributed by atoms with Gasteiger partial charge >= 0.3 is 0 Å². The molecule has 0 bridgehead atoms. The zero-order chi connectivity index (χ0) is 16.6. The van der Waals surface area contributed by atoms with Crippen LogP contribution in [0.25, 0.3) is 21.3 Å². The lowest BCUT2D eigenvalue weighted by molar-refractivity contribution is -0.310. The van der Waals surface area contributed by atoms with Gasteiger partial charge in [0.25, 0.3) is 5.56 Å². The minimum absolute atomic E-state index is 0.263. The van der Waals surface area contributed by atoms with Gasteiger partial charge in [-0.2, -0.15) is 0 Å². The fraction of sp³-hybridized carbons (Fsp3) is 0.235. The molecule has 3 aromatic rings. The summed E-state index contributed by atoms with van der Waals surface area (Å²) in [6, 6.07) is 8.57. The molecule has 5 nitrogen and oxygen atoms in total. The fourth-order valence-corrected chi connectivity index (χ4v) is 3.77. The van der Waals surface area contributed by atoms with Crippen molar-refractivity contribution in [1.29, 1.82) is 0 Å². The predicted molar refractivity (Wildman–Crippen MR) is 88.4 cm³/mol. The van der Waals surface area contributed by atoms with Gasteiger partial charge in [-0.25, -0.2) is 4.98 Å². The molecule has 0 saturated heterocycles. The Morgan fingerprint density at radius 3 is 2.65 bits per heavy atom. The molecule has 0 aliphatic rings. The molecule has 6 heteroatoms. The molecule has 0 amide bonds. The summed E-state index contributed by atoms with van der Waals surface area (Å²) in [7, 11) is 0. The van der Waals surface area contributed by atoms with Crippen LogP contribution in [0.4, 0.5) is 0 Å². The van der Waals surface area contributed by atoms with E-state index in [1.807, 2.05) is 37.3 Å². The highest BCUT2D eigenvalue weighted by molar-refractivity contribution is 7.19. The van der Waals surface area contributed by atoms with Crippen LogP contribution in [-0.4, -0.2) is 15.5 Å². The predicted octanol–water partition coefficient (Wildman–Crippen LogP) is 2.13. The van der Waals surface area contributed by atoms with Crippen molar-refractivity contribution in [3.63, 3.8) is 0 Å². The van der Waals surface area contributed by atoms with Gasteiger partial charge in [0.05, 0.1) is 23.7 Å². The number of hydrogen-bond acceptors (Lipinski definition) is 5. The number of carbonyl (C=O) groups excluding carboxylic acids is 1. The highest BCUT2D eigenvalue weighted by Crippen LogP contribution is 2.35. The smallest absolute Gasteiger partial charge is 0.263 e. The van der Waals surface area contributed by atoms with Crippen molar-refractivity contribution in [2.45, 2.75) is 26.3 Å². The van der Waals surface area contributed by atoms with E-state index in [0.29, 0.717) is 10.2 Å². The van der Waals surface area contributed by atoms with Gasteiger partial charge in [-0.15, -0.1) is 11.3 Å². The molecule has 0 fully saturated rings. The molecule has 0 N–H and O–H groups in total. The van der Waals surface area contributed by atoms with Crippen LogP contribution in [0, 0.1) is 6.92 Å². The first kappa shape index (κ1) is 15.4. The second-order valence-corrected chi connectivity index (χ2v) is 6.48. The van der Waals surface area contributed by atoms with Crippen molar-refractivity contribution < 1.29 is 9.90 Å². The van der Waals surface area contributed by atoms with Crippen LogP contribution in [0.2, 0.25) is 0 Å². The Labute approximate surface area is 136 Å². The summed E-state index contributed by atoms with van der Waals surface area (Å²) >= 11 is 1.44. The molecule has 0 aliphatic heterocycles. The Bertz CT molecular complexity index is 928. The van der Waals surface area contributed by atoms with E-state index in [9.17, 15) is 14.7 Å². The molecule has 2 aromatic heterocycles. The van der Waals surface area contributed by atoms with Crippen molar-refractivity contribution in [2.24, 2.45) is 0 Å². The Balaban J connectivity index is 2.33. The normalized spacial score (nSPS) is 12.4. The third kappa shape index (κ3) is 2.55. The first-order chi connectivity index (χ1) is 11.0. The molecule has 23 heavy (non-hydrogen) atoms. The Hall–Kier alpha value is -2.47. The maximum Gasteiger partial charge on any atom is 0.263 e. The SMILES string of the molecule is CC[C@@H](C(=O)[O-])n1cnc2sc(C)c(-c3ccccc3)c2c1=O. The molecule has 3 rings (SSSR count). The lowest BCUT2D eigenvalue weighted by Gasteiger charge is -2.18. The number of fused-ring (bicyclic) bond motifs is 1. The van der Waals surface area contributed by atoms with Crippen molar-refractivity contribution in [3.8, 4) is 11.1 Å². The number of carbonyl (C=O) groups is 1. The maximum atomic E-state index is 12.9. The molecule has 118 valence electrons. The maximum absolute atomic E-state index is 12.9. The number of aryl methyl sites for hydroxylation is 1. The van der Waals surface area contributed by atoms with E-state index in [4.69, 9.17) is 0 Å². The topological polar surface area (TPSA) is 75.0 Å². The zero-order valence-corrected chi connectivity index (χ0v) is 13.6. The highest BCUT2D eigenvalue weighted by atomic mass is 32.1. The zero-order valence-electron chi connectivity index (χ0n) is 12.8. The van der Waals surface area contributed by atoms with E-state index in [1.165, 1.54) is 17.7 Å². The number of carboxylic acid groups (broad SMARTS) is 1. The average Bonchev–Trinajstić information content (AvgIpc) is 2.88. The van der Waals surface area contributed by atoms with E-state index in [0.717, 1.165) is 20.6 Å². The summed E-state index contributed by atoms with van der Waals surface area (Å²) < 4.78 is 1.16. The Morgan fingerprint density at radius 2 is 2.04 bits per heavy atom. The molecule has 0 radical (unpaired) electrons.